The van der Waals surface area contributed by atoms with Crippen LogP contribution in [-0.4, -0.2) is 21.8 Å². The van der Waals surface area contributed by atoms with Crippen LogP contribution in [0, 0.1) is 11.3 Å². The summed E-state index contributed by atoms with van der Waals surface area (Å²) in [6.07, 6.45) is 2.63. The van der Waals surface area contributed by atoms with Gasteiger partial charge < -0.3 is 15.2 Å². The summed E-state index contributed by atoms with van der Waals surface area (Å²) in [5, 5.41) is 14.6. The monoisotopic (exact) mass is 581 g/mol. The summed E-state index contributed by atoms with van der Waals surface area (Å²) in [6.45, 7) is 7.76. The second-order valence-corrected chi connectivity index (χ2v) is 12.3. The molecular formula is C28H28BrN3O4S. The van der Waals surface area contributed by atoms with Gasteiger partial charge in [0.1, 0.15) is 23.2 Å². The highest BCUT2D eigenvalue weighted by molar-refractivity contribution is 9.10. The van der Waals surface area contributed by atoms with Crippen LogP contribution < -0.4 is 15.0 Å². The Morgan fingerprint density at radius 3 is 2.70 bits per heavy atom. The van der Waals surface area contributed by atoms with Gasteiger partial charge in [0.15, 0.2) is 5.78 Å². The first-order valence-corrected chi connectivity index (χ1v) is 13.7. The van der Waals surface area contributed by atoms with Gasteiger partial charge in [-0.15, -0.1) is 0 Å². The molecule has 0 fully saturated rings. The van der Waals surface area contributed by atoms with Crippen LogP contribution in [0.2, 0.25) is 0 Å². The summed E-state index contributed by atoms with van der Waals surface area (Å²) in [5.41, 5.74) is 1.92. The lowest BCUT2D eigenvalue weighted by Crippen LogP contribution is -2.41. The van der Waals surface area contributed by atoms with Crippen molar-refractivity contribution < 1.29 is 19.4 Å². The smallest absolute Gasteiger partial charge is 0.279 e. The number of Topliss-reactive ketones (excluding diaryl/α,β-unsaturated/α-hetero) is 1. The molecule has 0 bridgehead atoms. The average molecular weight is 583 g/mol. The SMILES string of the molecule is CC(C)C(=O)N1c2cccc(O)c2NC2=C(C(=O)CC(C)(C)C2)C1c1cnc(Oc2ccccc2Br)s1. The van der Waals surface area contributed by atoms with Crippen molar-refractivity contribution in [3.05, 3.63) is 69.3 Å². The average Bonchev–Trinajstić information content (AvgIpc) is 3.22. The van der Waals surface area contributed by atoms with Crippen molar-refractivity contribution in [2.45, 2.75) is 46.6 Å². The number of fused-ring (bicyclic) bond motifs is 1. The molecule has 192 valence electrons. The highest BCUT2D eigenvalue weighted by Crippen LogP contribution is 2.51. The van der Waals surface area contributed by atoms with E-state index in [4.69, 9.17) is 4.74 Å². The number of carbonyl (C=O) groups excluding carboxylic acids is 2. The number of nitrogens with zero attached hydrogens (tertiary/aromatic N) is 2. The molecule has 1 aliphatic carbocycles. The Labute approximate surface area is 228 Å². The van der Waals surface area contributed by atoms with Crippen molar-refractivity contribution in [2.24, 2.45) is 11.3 Å². The number of aromatic hydroxyl groups is 1. The number of ketones is 1. The number of halogens is 1. The summed E-state index contributed by atoms with van der Waals surface area (Å²) >= 11 is 4.79. The summed E-state index contributed by atoms with van der Waals surface area (Å²) in [6, 6.07) is 11.9. The molecule has 5 rings (SSSR count). The standard InChI is InChI=1S/C28H28BrN3O4S/c1-15(2)26(35)32-18-9-7-10-19(33)24(18)31-17-12-28(3,4)13-20(34)23(17)25(32)22-14-30-27(37-22)36-21-11-6-5-8-16(21)29/h5-11,14-15,25,31,33H,12-13H2,1-4H3. The molecule has 1 unspecified atom stereocenters. The van der Waals surface area contributed by atoms with Crippen molar-refractivity contribution in [2.75, 3.05) is 10.2 Å². The van der Waals surface area contributed by atoms with Crippen molar-refractivity contribution in [3.63, 3.8) is 0 Å². The predicted octanol–water partition coefficient (Wildman–Crippen LogP) is 7.20. The maximum atomic E-state index is 13.8. The van der Waals surface area contributed by atoms with Crippen molar-refractivity contribution in [1.82, 2.24) is 4.98 Å². The molecule has 2 heterocycles. The second-order valence-electron chi connectivity index (χ2n) is 10.5. The predicted molar refractivity (Wildman–Crippen MR) is 148 cm³/mol. The molecule has 2 aliphatic rings. The number of phenolic OH excluding ortho intramolecular Hbond substituents is 1. The second kappa shape index (κ2) is 9.61. The third-order valence-corrected chi connectivity index (χ3v) is 8.13. The molecule has 2 N–H and O–H groups in total. The van der Waals surface area contributed by atoms with Gasteiger partial charge >= 0.3 is 0 Å². The van der Waals surface area contributed by atoms with Gasteiger partial charge in [-0.25, -0.2) is 4.98 Å². The van der Waals surface area contributed by atoms with E-state index in [0.29, 0.717) is 45.6 Å². The van der Waals surface area contributed by atoms with Gasteiger partial charge in [-0.05, 0) is 52.0 Å². The van der Waals surface area contributed by atoms with Crippen LogP contribution in [0.1, 0.15) is 51.5 Å². The van der Waals surface area contributed by atoms with Crippen LogP contribution in [0.5, 0.6) is 16.7 Å². The first-order chi connectivity index (χ1) is 17.6. The maximum absolute atomic E-state index is 13.8. The Morgan fingerprint density at radius 1 is 1.22 bits per heavy atom. The van der Waals surface area contributed by atoms with Crippen LogP contribution in [0.3, 0.4) is 0 Å². The van der Waals surface area contributed by atoms with Gasteiger partial charge in [-0.3, -0.25) is 14.5 Å². The highest BCUT2D eigenvalue weighted by atomic mass is 79.9. The first kappa shape index (κ1) is 25.5. The number of carbonyl (C=O) groups is 2. The van der Waals surface area contributed by atoms with Gasteiger partial charge in [0, 0.05) is 29.8 Å². The molecule has 37 heavy (non-hydrogen) atoms. The summed E-state index contributed by atoms with van der Waals surface area (Å²) < 4.78 is 6.83. The Morgan fingerprint density at radius 2 is 1.97 bits per heavy atom. The minimum absolute atomic E-state index is 0.0182. The van der Waals surface area contributed by atoms with Crippen molar-refractivity contribution in [3.8, 4) is 16.7 Å². The number of nitrogens with one attached hydrogen (secondary N) is 1. The number of rotatable bonds is 4. The third-order valence-electron chi connectivity index (χ3n) is 6.54. The van der Waals surface area contributed by atoms with Crippen LogP contribution >= 0.6 is 27.3 Å². The minimum Gasteiger partial charge on any atom is -0.506 e. The first-order valence-electron chi connectivity index (χ1n) is 12.1. The highest BCUT2D eigenvalue weighted by Gasteiger charge is 2.44. The van der Waals surface area contributed by atoms with Gasteiger partial charge in [-0.2, -0.15) is 0 Å². The number of allylic oxidation sites excluding steroid dienone is 1. The van der Waals surface area contributed by atoms with Crippen molar-refractivity contribution in [1.29, 1.82) is 0 Å². The number of thiazole rings is 1. The maximum Gasteiger partial charge on any atom is 0.279 e. The summed E-state index contributed by atoms with van der Waals surface area (Å²) in [5.74, 6) is 0.0984. The fourth-order valence-corrected chi connectivity index (χ4v) is 6.14. The normalized spacial score (nSPS) is 18.7. The quantitative estimate of drug-likeness (QED) is 0.316. The summed E-state index contributed by atoms with van der Waals surface area (Å²) in [7, 11) is 0. The largest absolute Gasteiger partial charge is 0.506 e. The van der Waals surface area contributed by atoms with E-state index in [2.05, 4.69) is 40.1 Å². The van der Waals surface area contributed by atoms with Crippen molar-refractivity contribution >= 4 is 50.3 Å². The number of benzene rings is 2. The lowest BCUT2D eigenvalue weighted by atomic mass is 9.74. The summed E-state index contributed by atoms with van der Waals surface area (Å²) in [4.78, 5) is 34.4. The number of hydrogen-bond donors (Lipinski definition) is 2. The molecule has 0 saturated carbocycles. The molecule has 2 aromatic carbocycles. The van der Waals surface area contributed by atoms with E-state index in [9.17, 15) is 14.7 Å². The fraction of sp³-hybridized carbons (Fsp3) is 0.321. The van der Waals surface area contributed by atoms with Gasteiger partial charge in [-0.1, -0.05) is 57.2 Å². The molecule has 1 atom stereocenters. The van der Waals surface area contributed by atoms with E-state index in [0.717, 1.165) is 10.2 Å². The van der Waals surface area contributed by atoms with Crippen LogP contribution in [-0.2, 0) is 9.59 Å². The molecule has 0 spiro atoms. The molecule has 9 heteroatoms. The van der Waals surface area contributed by atoms with Crippen LogP contribution in [0.15, 0.2) is 64.4 Å². The lowest BCUT2D eigenvalue weighted by molar-refractivity contribution is -0.122. The molecule has 3 aromatic rings. The molecular weight excluding hydrogens is 554 g/mol. The van der Waals surface area contributed by atoms with E-state index < -0.39 is 6.04 Å². The van der Waals surface area contributed by atoms with E-state index in [1.165, 1.54) is 11.3 Å². The van der Waals surface area contributed by atoms with Gasteiger partial charge in [0.05, 0.1) is 15.0 Å². The zero-order chi connectivity index (χ0) is 26.5. The van der Waals surface area contributed by atoms with E-state index in [-0.39, 0.29) is 28.8 Å². The number of amides is 1. The number of phenols is 1. The van der Waals surface area contributed by atoms with E-state index in [1.54, 1.807) is 29.3 Å². The number of para-hydroxylation sites is 2. The van der Waals surface area contributed by atoms with E-state index >= 15 is 0 Å². The van der Waals surface area contributed by atoms with E-state index in [1.807, 2.05) is 38.1 Å². The molecule has 1 aromatic heterocycles. The zero-order valence-corrected chi connectivity index (χ0v) is 23.4. The molecule has 1 aliphatic heterocycles. The Hall–Kier alpha value is -3.17. The number of aromatic nitrogens is 1. The zero-order valence-electron chi connectivity index (χ0n) is 21.0. The molecule has 7 nitrogen and oxygen atoms in total. The fourth-order valence-electron chi connectivity index (χ4n) is 4.90. The molecule has 0 saturated heterocycles. The molecule has 0 radical (unpaired) electrons. The number of anilines is 2. The van der Waals surface area contributed by atoms with Gasteiger partial charge in [0.2, 0.25) is 5.91 Å². The Balaban J connectivity index is 1.70. The third kappa shape index (κ3) is 4.78. The van der Waals surface area contributed by atoms with Crippen LogP contribution in [0.25, 0.3) is 0 Å². The minimum atomic E-state index is -0.710. The van der Waals surface area contributed by atoms with Crippen LogP contribution in [0.4, 0.5) is 11.4 Å². The Bertz CT molecular complexity index is 1430. The topological polar surface area (TPSA) is 91.8 Å². The molecule has 1 amide bonds. The van der Waals surface area contributed by atoms with Gasteiger partial charge in [0.25, 0.3) is 5.19 Å². The Kier molecular flexibility index (Phi) is 6.62. The number of ether oxygens (including phenoxy) is 1. The number of hydrogen-bond acceptors (Lipinski definition) is 7. The lowest BCUT2D eigenvalue weighted by Gasteiger charge is -2.36.